The lowest BCUT2D eigenvalue weighted by Crippen LogP contribution is -2.12. The monoisotopic (exact) mass is 268 g/mol. The van der Waals surface area contributed by atoms with Crippen LogP contribution in [-0.2, 0) is 0 Å². The molecule has 1 atom stereocenters. The van der Waals surface area contributed by atoms with E-state index in [0.29, 0.717) is 17.9 Å². The highest BCUT2D eigenvalue weighted by Crippen LogP contribution is 2.20. The topological polar surface area (TPSA) is 65.3 Å². The van der Waals surface area contributed by atoms with E-state index in [1.54, 1.807) is 19.2 Å². The number of nitriles is 1. The summed E-state index contributed by atoms with van der Waals surface area (Å²) in [5.74, 6) is 0.707. The summed E-state index contributed by atoms with van der Waals surface area (Å²) in [5, 5.41) is 22.3. The largest absolute Gasteiger partial charge is 0.497 e. The van der Waals surface area contributed by atoms with Crippen LogP contribution >= 0.6 is 0 Å². The van der Waals surface area contributed by atoms with Crippen molar-refractivity contribution in [3.8, 4) is 11.8 Å². The summed E-state index contributed by atoms with van der Waals surface area (Å²) in [6, 6.07) is 16.6. The van der Waals surface area contributed by atoms with Crippen LogP contribution in [0.2, 0.25) is 0 Å². The van der Waals surface area contributed by atoms with E-state index < -0.39 is 6.10 Å². The van der Waals surface area contributed by atoms with Gasteiger partial charge in [-0.1, -0.05) is 24.3 Å². The first kappa shape index (κ1) is 13.9. The lowest BCUT2D eigenvalue weighted by molar-refractivity contribution is 0.191. The van der Waals surface area contributed by atoms with E-state index >= 15 is 0 Å². The van der Waals surface area contributed by atoms with Crippen LogP contribution < -0.4 is 10.1 Å². The molecule has 0 aliphatic heterocycles. The Morgan fingerprint density at radius 3 is 2.80 bits per heavy atom. The second-order valence-corrected chi connectivity index (χ2v) is 4.33. The molecule has 20 heavy (non-hydrogen) atoms. The number of nitrogens with zero attached hydrogens (tertiary/aromatic N) is 1. The van der Waals surface area contributed by atoms with Crippen LogP contribution in [0.25, 0.3) is 0 Å². The minimum atomic E-state index is -0.670. The zero-order valence-corrected chi connectivity index (χ0v) is 11.2. The molecule has 1 unspecified atom stereocenters. The first-order chi connectivity index (χ1) is 9.74. The lowest BCUT2D eigenvalue weighted by atomic mass is 10.1. The van der Waals surface area contributed by atoms with Gasteiger partial charge in [-0.25, -0.2) is 0 Å². The fourth-order valence-electron chi connectivity index (χ4n) is 1.91. The van der Waals surface area contributed by atoms with Crippen molar-refractivity contribution < 1.29 is 9.84 Å². The van der Waals surface area contributed by atoms with Crippen molar-refractivity contribution in [2.45, 2.75) is 6.10 Å². The number of ether oxygens (including phenoxy) is 1. The number of methoxy groups -OCH3 is 1. The van der Waals surface area contributed by atoms with Crippen molar-refractivity contribution in [2.75, 3.05) is 19.0 Å². The van der Waals surface area contributed by atoms with Crippen molar-refractivity contribution in [3.05, 3.63) is 59.7 Å². The molecule has 2 aromatic carbocycles. The van der Waals surface area contributed by atoms with E-state index in [1.165, 1.54) is 0 Å². The maximum absolute atomic E-state index is 10.2. The molecule has 0 fully saturated rings. The fourth-order valence-corrected chi connectivity index (χ4v) is 1.91. The quantitative estimate of drug-likeness (QED) is 0.875. The van der Waals surface area contributed by atoms with Gasteiger partial charge < -0.3 is 15.2 Å². The third-order valence-electron chi connectivity index (χ3n) is 3.01. The number of nitrogens with one attached hydrogen (secondary N) is 1. The molecule has 4 nitrogen and oxygen atoms in total. The number of hydrogen-bond acceptors (Lipinski definition) is 4. The molecule has 0 aliphatic rings. The average Bonchev–Trinajstić information content (AvgIpc) is 2.52. The van der Waals surface area contributed by atoms with Gasteiger partial charge in [-0.2, -0.15) is 5.26 Å². The molecule has 4 heteroatoms. The van der Waals surface area contributed by atoms with E-state index in [9.17, 15) is 5.11 Å². The normalized spacial score (nSPS) is 11.4. The highest BCUT2D eigenvalue weighted by atomic mass is 16.5. The van der Waals surface area contributed by atoms with Crippen molar-refractivity contribution in [3.63, 3.8) is 0 Å². The Kier molecular flexibility index (Phi) is 4.59. The second-order valence-electron chi connectivity index (χ2n) is 4.33. The molecule has 0 aromatic heterocycles. The van der Waals surface area contributed by atoms with Gasteiger partial charge in [0, 0.05) is 6.54 Å². The molecule has 0 spiro atoms. The van der Waals surface area contributed by atoms with Crippen LogP contribution in [0.15, 0.2) is 48.5 Å². The minimum Gasteiger partial charge on any atom is -0.497 e. The number of hydrogen-bond donors (Lipinski definition) is 2. The molecule has 102 valence electrons. The number of aliphatic hydroxyl groups is 1. The summed E-state index contributed by atoms with van der Waals surface area (Å²) in [6.07, 6.45) is -0.670. The van der Waals surface area contributed by atoms with Gasteiger partial charge in [-0.15, -0.1) is 0 Å². The third kappa shape index (κ3) is 3.28. The van der Waals surface area contributed by atoms with Crippen LogP contribution in [0, 0.1) is 11.3 Å². The average molecular weight is 268 g/mol. The molecule has 2 N–H and O–H groups in total. The molecule has 0 bridgehead atoms. The Morgan fingerprint density at radius 2 is 2.05 bits per heavy atom. The van der Waals surface area contributed by atoms with Gasteiger partial charge in [-0.3, -0.25) is 0 Å². The van der Waals surface area contributed by atoms with Crippen LogP contribution in [-0.4, -0.2) is 18.8 Å². The number of rotatable bonds is 5. The van der Waals surface area contributed by atoms with E-state index in [4.69, 9.17) is 10.00 Å². The molecule has 0 saturated carbocycles. The maximum Gasteiger partial charge on any atom is 0.119 e. The van der Waals surface area contributed by atoms with Gasteiger partial charge in [0.1, 0.15) is 11.8 Å². The standard InChI is InChI=1S/C16H16N2O2/c1-20-14-7-4-6-12(9-14)16(19)11-18-15-8-3-2-5-13(15)10-17/h2-9,16,18-19H,11H2,1H3. The van der Waals surface area contributed by atoms with Crippen LogP contribution in [0.5, 0.6) is 5.75 Å². The Hall–Kier alpha value is -2.51. The van der Waals surface area contributed by atoms with Crippen molar-refractivity contribution in [2.24, 2.45) is 0 Å². The first-order valence-corrected chi connectivity index (χ1v) is 6.29. The van der Waals surface area contributed by atoms with E-state index in [2.05, 4.69) is 11.4 Å². The Balaban J connectivity index is 2.05. The predicted octanol–water partition coefficient (Wildman–Crippen LogP) is 2.71. The highest BCUT2D eigenvalue weighted by Gasteiger charge is 2.09. The summed E-state index contributed by atoms with van der Waals surface area (Å²) >= 11 is 0. The Bertz CT molecular complexity index is 620. The number of benzene rings is 2. The van der Waals surface area contributed by atoms with Crippen molar-refractivity contribution >= 4 is 5.69 Å². The highest BCUT2D eigenvalue weighted by molar-refractivity contribution is 5.57. The molecular weight excluding hydrogens is 252 g/mol. The zero-order valence-electron chi connectivity index (χ0n) is 11.2. The molecule has 2 aromatic rings. The van der Waals surface area contributed by atoms with Gasteiger partial charge in [0.2, 0.25) is 0 Å². The molecular formula is C16H16N2O2. The van der Waals surface area contributed by atoms with Crippen LogP contribution in [0.4, 0.5) is 5.69 Å². The maximum atomic E-state index is 10.2. The second kappa shape index (κ2) is 6.60. The smallest absolute Gasteiger partial charge is 0.119 e. The summed E-state index contributed by atoms with van der Waals surface area (Å²) < 4.78 is 5.13. The van der Waals surface area contributed by atoms with E-state index in [-0.39, 0.29) is 0 Å². The van der Waals surface area contributed by atoms with E-state index in [0.717, 1.165) is 11.3 Å². The van der Waals surface area contributed by atoms with Gasteiger partial charge in [0.05, 0.1) is 24.5 Å². The Labute approximate surface area is 118 Å². The fraction of sp³-hybridized carbons (Fsp3) is 0.188. The summed E-state index contributed by atoms with van der Waals surface area (Å²) in [4.78, 5) is 0. The Morgan fingerprint density at radius 1 is 1.25 bits per heavy atom. The minimum absolute atomic E-state index is 0.325. The van der Waals surface area contributed by atoms with Crippen LogP contribution in [0.1, 0.15) is 17.2 Å². The van der Waals surface area contributed by atoms with Gasteiger partial charge in [0.25, 0.3) is 0 Å². The van der Waals surface area contributed by atoms with Gasteiger partial charge >= 0.3 is 0 Å². The van der Waals surface area contributed by atoms with Crippen LogP contribution in [0.3, 0.4) is 0 Å². The first-order valence-electron chi connectivity index (χ1n) is 6.29. The molecule has 2 rings (SSSR count). The summed E-state index contributed by atoms with van der Waals surface area (Å²) in [7, 11) is 1.59. The zero-order chi connectivity index (χ0) is 14.4. The summed E-state index contributed by atoms with van der Waals surface area (Å²) in [5.41, 5.74) is 2.05. The van der Waals surface area contributed by atoms with Crippen molar-refractivity contribution in [1.29, 1.82) is 5.26 Å². The molecule has 0 saturated heterocycles. The van der Waals surface area contributed by atoms with Gasteiger partial charge in [0.15, 0.2) is 0 Å². The van der Waals surface area contributed by atoms with Crippen molar-refractivity contribution in [1.82, 2.24) is 0 Å². The lowest BCUT2D eigenvalue weighted by Gasteiger charge is -2.14. The van der Waals surface area contributed by atoms with Gasteiger partial charge in [-0.05, 0) is 29.8 Å². The predicted molar refractivity (Wildman–Crippen MR) is 77.6 cm³/mol. The molecule has 0 heterocycles. The molecule has 0 aliphatic carbocycles. The molecule has 0 amide bonds. The number of para-hydroxylation sites is 1. The SMILES string of the molecule is COc1cccc(C(O)CNc2ccccc2C#N)c1. The van der Waals surface area contributed by atoms with E-state index in [1.807, 2.05) is 36.4 Å². The number of anilines is 1. The number of aliphatic hydroxyl groups excluding tert-OH is 1. The third-order valence-corrected chi connectivity index (χ3v) is 3.01. The summed E-state index contributed by atoms with van der Waals surface area (Å²) in [6.45, 7) is 0.325. The molecule has 0 radical (unpaired) electrons.